The van der Waals surface area contributed by atoms with Gasteiger partial charge in [-0.2, -0.15) is 18.2 Å². The number of hydrogen-bond donors (Lipinski definition) is 1. The molecular weight excluding hydrogens is 565 g/mol. The fourth-order valence-corrected chi connectivity index (χ4v) is 8.01. The van der Waals surface area contributed by atoms with Crippen molar-refractivity contribution in [3.63, 3.8) is 0 Å². The number of rotatable bonds is 4. The van der Waals surface area contributed by atoms with E-state index in [9.17, 15) is 22.4 Å². The number of anilines is 1. The fraction of sp³-hybridized carbons (Fsp3) is 0.500. The van der Waals surface area contributed by atoms with Crippen molar-refractivity contribution in [1.29, 1.82) is 0 Å². The SMILES string of the molecule is C[C@@H]1CN(c2nc(=O)n3c4c(c(-c5ccc(F)cc5F)c(C(F)(F)F)cc24)SC[C@@H]3CN2C[C@H]3OCC32)C[C@H](C)N1. The Morgan fingerprint density at radius 3 is 2.49 bits per heavy atom. The number of hydrogen-bond acceptors (Lipinski definition) is 7. The van der Waals surface area contributed by atoms with Crippen LogP contribution in [0, 0.1) is 11.6 Å². The van der Waals surface area contributed by atoms with E-state index < -0.39 is 29.1 Å². The smallest absolute Gasteiger partial charge is 0.373 e. The van der Waals surface area contributed by atoms with Gasteiger partial charge in [0.05, 0.1) is 35.9 Å². The minimum atomic E-state index is -4.85. The molecule has 13 heteroatoms. The lowest BCUT2D eigenvalue weighted by Crippen LogP contribution is -2.71. The Labute approximate surface area is 236 Å². The highest BCUT2D eigenvalue weighted by Gasteiger charge is 2.48. The number of piperazine rings is 1. The largest absolute Gasteiger partial charge is 0.417 e. The summed E-state index contributed by atoms with van der Waals surface area (Å²) in [6, 6.07) is 3.52. The highest BCUT2D eigenvalue weighted by atomic mass is 32.2. The van der Waals surface area contributed by atoms with Gasteiger partial charge in [0.15, 0.2) is 0 Å². The van der Waals surface area contributed by atoms with Crippen LogP contribution in [0.3, 0.4) is 0 Å². The average Bonchev–Trinajstić information content (AvgIpc) is 2.88. The summed E-state index contributed by atoms with van der Waals surface area (Å²) in [6.45, 7) is 6.71. The van der Waals surface area contributed by atoms with Crippen molar-refractivity contribution in [2.75, 3.05) is 43.4 Å². The molecule has 2 aromatic carbocycles. The minimum absolute atomic E-state index is 0.0197. The third-order valence-electron chi connectivity index (χ3n) is 8.53. The maximum Gasteiger partial charge on any atom is 0.417 e. The third kappa shape index (κ3) is 4.43. The fourth-order valence-electron chi connectivity index (χ4n) is 6.69. The molecule has 1 unspecified atom stereocenters. The van der Waals surface area contributed by atoms with Gasteiger partial charge in [-0.1, -0.05) is 0 Å². The summed E-state index contributed by atoms with van der Waals surface area (Å²) in [6.07, 6.45) is -4.66. The van der Waals surface area contributed by atoms with Gasteiger partial charge in [-0.15, -0.1) is 11.8 Å². The van der Waals surface area contributed by atoms with E-state index in [1.807, 2.05) is 18.7 Å². The number of ether oxygens (including phenoxy) is 1. The van der Waals surface area contributed by atoms with Crippen molar-refractivity contribution in [2.24, 2.45) is 0 Å². The zero-order valence-corrected chi connectivity index (χ0v) is 23.2. The lowest BCUT2D eigenvalue weighted by atomic mass is 9.93. The molecule has 4 aliphatic rings. The molecule has 0 bridgehead atoms. The highest BCUT2D eigenvalue weighted by Crippen LogP contribution is 2.50. The van der Waals surface area contributed by atoms with E-state index in [2.05, 4.69) is 15.2 Å². The van der Waals surface area contributed by atoms with E-state index >= 15 is 4.39 Å². The molecule has 7 rings (SSSR count). The second-order valence-corrected chi connectivity index (χ2v) is 12.5. The van der Waals surface area contributed by atoms with Crippen molar-refractivity contribution >= 4 is 28.5 Å². The van der Waals surface area contributed by atoms with E-state index in [1.165, 1.54) is 16.3 Å². The Kier molecular flexibility index (Phi) is 6.38. The maximum absolute atomic E-state index is 15.1. The van der Waals surface area contributed by atoms with E-state index in [1.54, 1.807) is 0 Å². The van der Waals surface area contributed by atoms with Crippen LogP contribution in [-0.4, -0.2) is 77.2 Å². The predicted molar refractivity (Wildman–Crippen MR) is 145 cm³/mol. The van der Waals surface area contributed by atoms with Crippen molar-refractivity contribution in [3.05, 3.63) is 51.9 Å². The van der Waals surface area contributed by atoms with Gasteiger partial charge in [-0.3, -0.25) is 9.47 Å². The molecule has 0 spiro atoms. The molecule has 5 atom stereocenters. The summed E-state index contributed by atoms with van der Waals surface area (Å²) in [5, 5.41) is 3.59. The summed E-state index contributed by atoms with van der Waals surface area (Å²) < 4.78 is 80.2. The van der Waals surface area contributed by atoms with Crippen LogP contribution in [0.1, 0.15) is 25.5 Å². The Balaban J connectivity index is 1.49. The van der Waals surface area contributed by atoms with E-state index in [4.69, 9.17) is 4.74 Å². The predicted octanol–water partition coefficient (Wildman–Crippen LogP) is 4.28. The Hall–Kier alpha value is -2.74. The number of likely N-dealkylation sites (tertiary alicyclic amines) is 1. The number of nitrogens with zero attached hydrogens (tertiary/aromatic N) is 4. The number of fused-ring (bicyclic) bond motifs is 1. The highest BCUT2D eigenvalue weighted by molar-refractivity contribution is 7.99. The van der Waals surface area contributed by atoms with Crippen LogP contribution in [0.2, 0.25) is 0 Å². The van der Waals surface area contributed by atoms with Gasteiger partial charge >= 0.3 is 11.9 Å². The standard InChI is InChI=1S/C28H28F5N5O2S/c1-13-7-37(8-14(2)34-13)26-18-6-19(28(31,32)33)23(17-4-3-15(29)5-20(17)30)25-24(18)38(27(39)35-26)16(12-41-25)9-36-10-22-21(36)11-40-22/h3-6,13-14,16,21-22,34H,7-12H2,1-2H3/t13-,14+,16-,21?,22+/m0/s1. The summed E-state index contributed by atoms with van der Waals surface area (Å²) in [4.78, 5) is 22.4. The average molecular weight is 594 g/mol. The molecule has 218 valence electrons. The molecule has 1 aromatic heterocycles. The van der Waals surface area contributed by atoms with Crippen LogP contribution in [-0.2, 0) is 10.9 Å². The molecule has 41 heavy (non-hydrogen) atoms. The first kappa shape index (κ1) is 27.1. The number of halogens is 5. The van der Waals surface area contributed by atoms with Gasteiger partial charge in [0.2, 0.25) is 0 Å². The molecular formula is C28H28F5N5O2S. The molecule has 4 aliphatic heterocycles. The van der Waals surface area contributed by atoms with Crippen molar-refractivity contribution in [3.8, 4) is 11.1 Å². The number of alkyl halides is 3. The summed E-state index contributed by atoms with van der Waals surface area (Å²) in [5.41, 5.74) is -2.02. The molecule has 1 N–H and O–H groups in total. The number of thioether (sulfide) groups is 1. The second-order valence-electron chi connectivity index (χ2n) is 11.5. The van der Waals surface area contributed by atoms with E-state index in [0.29, 0.717) is 43.6 Å². The number of aromatic nitrogens is 2. The zero-order chi connectivity index (χ0) is 28.8. The summed E-state index contributed by atoms with van der Waals surface area (Å²) in [7, 11) is 0. The van der Waals surface area contributed by atoms with E-state index in [0.717, 1.165) is 24.7 Å². The first-order valence-corrected chi connectivity index (χ1v) is 14.6. The molecule has 0 amide bonds. The topological polar surface area (TPSA) is 62.6 Å². The maximum atomic E-state index is 15.1. The van der Waals surface area contributed by atoms with Crippen molar-refractivity contribution in [1.82, 2.24) is 19.8 Å². The summed E-state index contributed by atoms with van der Waals surface area (Å²) in [5.74, 6) is -1.49. The first-order valence-electron chi connectivity index (χ1n) is 13.6. The van der Waals surface area contributed by atoms with Gasteiger partial charge in [0.25, 0.3) is 0 Å². The van der Waals surface area contributed by atoms with Gasteiger partial charge in [-0.25, -0.2) is 13.6 Å². The van der Waals surface area contributed by atoms with Crippen molar-refractivity contribution in [2.45, 2.75) is 55.2 Å². The van der Waals surface area contributed by atoms with Gasteiger partial charge in [0, 0.05) is 71.5 Å². The Morgan fingerprint density at radius 2 is 1.88 bits per heavy atom. The molecule has 5 heterocycles. The van der Waals surface area contributed by atoms with Gasteiger partial charge in [-0.05, 0) is 32.0 Å². The monoisotopic (exact) mass is 593 g/mol. The summed E-state index contributed by atoms with van der Waals surface area (Å²) >= 11 is 1.18. The second kappa shape index (κ2) is 9.65. The number of morpholine rings is 1. The lowest BCUT2D eigenvalue weighted by molar-refractivity contribution is -0.216. The molecule has 3 aromatic rings. The van der Waals surface area contributed by atoms with Gasteiger partial charge < -0.3 is 15.0 Å². The molecule has 0 saturated carbocycles. The number of benzene rings is 2. The molecule has 3 fully saturated rings. The molecule has 0 aliphatic carbocycles. The Morgan fingerprint density at radius 1 is 1.12 bits per heavy atom. The molecule has 0 radical (unpaired) electrons. The number of nitrogens with one attached hydrogen (secondary N) is 1. The van der Waals surface area contributed by atoms with Crippen LogP contribution in [0.15, 0.2) is 34.0 Å². The lowest BCUT2D eigenvalue weighted by Gasteiger charge is -2.55. The van der Waals surface area contributed by atoms with Crippen LogP contribution in [0.4, 0.5) is 27.8 Å². The first-order chi connectivity index (χ1) is 19.5. The van der Waals surface area contributed by atoms with Crippen LogP contribution in [0.5, 0.6) is 0 Å². The van der Waals surface area contributed by atoms with Crippen LogP contribution >= 0.6 is 11.8 Å². The minimum Gasteiger partial charge on any atom is -0.373 e. The molecule has 3 saturated heterocycles. The zero-order valence-electron chi connectivity index (χ0n) is 22.3. The van der Waals surface area contributed by atoms with Crippen molar-refractivity contribution < 1.29 is 26.7 Å². The van der Waals surface area contributed by atoms with Gasteiger partial charge in [0.1, 0.15) is 17.5 Å². The third-order valence-corrected chi connectivity index (χ3v) is 9.77. The Bertz CT molecular complexity index is 1600. The quantitative estimate of drug-likeness (QED) is 0.454. The molecule has 7 nitrogen and oxygen atoms in total. The van der Waals surface area contributed by atoms with Crippen LogP contribution in [0.25, 0.3) is 22.0 Å². The van der Waals surface area contributed by atoms with E-state index in [-0.39, 0.29) is 57.5 Å². The normalized spacial score (nSPS) is 27.9. The van der Waals surface area contributed by atoms with Crippen LogP contribution < -0.4 is 15.9 Å².